The zero-order chi connectivity index (χ0) is 13.0. The fourth-order valence-corrected chi connectivity index (χ4v) is 1.98. The van der Waals surface area contributed by atoms with Gasteiger partial charge in [-0.2, -0.15) is 0 Å². The predicted molar refractivity (Wildman–Crippen MR) is 71.5 cm³/mol. The van der Waals surface area contributed by atoms with Crippen molar-refractivity contribution in [2.45, 2.75) is 12.8 Å². The highest BCUT2D eigenvalue weighted by Gasteiger charge is 2.16. The maximum Gasteiger partial charge on any atom is 0.170 e. The quantitative estimate of drug-likeness (QED) is 0.763. The summed E-state index contributed by atoms with van der Waals surface area (Å²) in [5.41, 5.74) is 0.706. The molecule has 0 bridgehead atoms. The fraction of sp³-hybridized carbons (Fsp3) is 0.429. The maximum atomic E-state index is 12.1. The first kappa shape index (κ1) is 12.6. The lowest BCUT2D eigenvalue weighted by Gasteiger charge is -2.24. The van der Waals surface area contributed by atoms with Crippen LogP contribution in [0.25, 0.3) is 0 Å². The third kappa shape index (κ3) is 2.88. The second-order valence-corrected chi connectivity index (χ2v) is 4.40. The summed E-state index contributed by atoms with van der Waals surface area (Å²) in [6, 6.07) is 7.20. The van der Waals surface area contributed by atoms with Gasteiger partial charge in [0.15, 0.2) is 5.78 Å². The highest BCUT2D eigenvalue weighted by atomic mass is 16.5. The normalized spacial score (nSPS) is 15.2. The molecule has 1 heterocycles. The molecule has 0 unspecified atom stereocenters. The van der Waals surface area contributed by atoms with Crippen LogP contribution in [0.2, 0.25) is 0 Å². The summed E-state index contributed by atoms with van der Waals surface area (Å²) in [6.07, 6.45) is 1.44. The van der Waals surface area contributed by atoms with Crippen LogP contribution in [0.5, 0.6) is 5.75 Å². The number of benzene rings is 1. The highest BCUT2D eigenvalue weighted by Crippen LogP contribution is 2.14. The molecule has 0 radical (unpaired) electrons. The third-order valence-corrected chi connectivity index (χ3v) is 3.12. The molecule has 1 aromatic carbocycles. The minimum atomic E-state index is 0.102. The van der Waals surface area contributed by atoms with Gasteiger partial charge in [0.1, 0.15) is 11.6 Å². The molecule has 2 rings (SSSR count). The number of nitrogens with zero attached hydrogens (tertiary/aromatic N) is 2. The molecule has 0 saturated heterocycles. The summed E-state index contributed by atoms with van der Waals surface area (Å²) >= 11 is 0. The second kappa shape index (κ2) is 5.67. The van der Waals surface area contributed by atoms with Gasteiger partial charge < -0.3 is 9.64 Å². The van der Waals surface area contributed by atoms with E-state index in [2.05, 4.69) is 9.89 Å². The van der Waals surface area contributed by atoms with Crippen molar-refractivity contribution < 1.29 is 9.53 Å². The number of rotatable bonds is 4. The smallest absolute Gasteiger partial charge is 0.170 e. The van der Waals surface area contributed by atoms with Gasteiger partial charge in [0, 0.05) is 25.7 Å². The standard InChI is InChI=1S/C14H18N2O2/c1-16-9-3-8-15-14(16)10-13(17)11-4-6-12(18-2)7-5-11/h4-7H,3,8-10H2,1-2H3. The van der Waals surface area contributed by atoms with E-state index in [1.807, 2.05) is 7.05 Å². The van der Waals surface area contributed by atoms with E-state index < -0.39 is 0 Å². The van der Waals surface area contributed by atoms with Gasteiger partial charge in [0.25, 0.3) is 0 Å². The Kier molecular flexibility index (Phi) is 3.97. The number of Topliss-reactive ketones (excluding diaryl/α,β-unsaturated/α-hetero) is 1. The van der Waals surface area contributed by atoms with E-state index in [4.69, 9.17) is 4.74 Å². The molecule has 0 saturated carbocycles. The van der Waals surface area contributed by atoms with Gasteiger partial charge in [0.2, 0.25) is 0 Å². The molecule has 0 fully saturated rings. The van der Waals surface area contributed by atoms with Crippen LogP contribution >= 0.6 is 0 Å². The van der Waals surface area contributed by atoms with Gasteiger partial charge in [-0.15, -0.1) is 0 Å². The monoisotopic (exact) mass is 246 g/mol. The lowest BCUT2D eigenvalue weighted by Crippen LogP contribution is -2.33. The van der Waals surface area contributed by atoms with E-state index in [1.165, 1.54) is 0 Å². The Morgan fingerprint density at radius 1 is 1.39 bits per heavy atom. The SMILES string of the molecule is COc1ccc(C(=O)CC2=NCCCN2C)cc1. The summed E-state index contributed by atoms with van der Waals surface area (Å²) in [7, 11) is 3.60. The van der Waals surface area contributed by atoms with Crippen molar-refractivity contribution in [1.82, 2.24) is 4.90 Å². The largest absolute Gasteiger partial charge is 0.497 e. The average molecular weight is 246 g/mol. The first-order chi connectivity index (χ1) is 8.70. The molecule has 0 spiro atoms. The number of methoxy groups -OCH3 is 1. The van der Waals surface area contributed by atoms with Crippen LogP contribution in [-0.2, 0) is 0 Å². The Bertz CT molecular complexity index is 451. The van der Waals surface area contributed by atoms with Crippen LogP contribution in [0.3, 0.4) is 0 Å². The lowest BCUT2D eigenvalue weighted by molar-refractivity contribution is 0.0997. The van der Waals surface area contributed by atoms with Gasteiger partial charge >= 0.3 is 0 Å². The van der Waals surface area contributed by atoms with E-state index in [0.29, 0.717) is 12.0 Å². The third-order valence-electron chi connectivity index (χ3n) is 3.12. The average Bonchev–Trinajstić information content (AvgIpc) is 2.41. The minimum Gasteiger partial charge on any atom is -0.497 e. The van der Waals surface area contributed by atoms with Crippen molar-refractivity contribution in [3.63, 3.8) is 0 Å². The topological polar surface area (TPSA) is 41.9 Å². The fourth-order valence-electron chi connectivity index (χ4n) is 1.98. The van der Waals surface area contributed by atoms with Crippen LogP contribution < -0.4 is 4.74 Å². The predicted octanol–water partition coefficient (Wildman–Crippen LogP) is 2.00. The number of carbonyl (C=O) groups is 1. The minimum absolute atomic E-state index is 0.102. The number of amidine groups is 1. The van der Waals surface area contributed by atoms with Crippen LogP contribution in [0.4, 0.5) is 0 Å². The maximum absolute atomic E-state index is 12.1. The first-order valence-corrected chi connectivity index (χ1v) is 6.12. The molecule has 0 amide bonds. The van der Waals surface area contributed by atoms with Crippen molar-refractivity contribution in [3.8, 4) is 5.75 Å². The van der Waals surface area contributed by atoms with Crippen molar-refractivity contribution in [2.75, 3.05) is 27.2 Å². The highest BCUT2D eigenvalue weighted by molar-refractivity contribution is 6.09. The van der Waals surface area contributed by atoms with Crippen LogP contribution in [0.1, 0.15) is 23.2 Å². The molecule has 0 aromatic heterocycles. The van der Waals surface area contributed by atoms with Gasteiger partial charge in [-0.3, -0.25) is 9.79 Å². The van der Waals surface area contributed by atoms with Crippen LogP contribution in [-0.4, -0.2) is 43.8 Å². The van der Waals surface area contributed by atoms with Gasteiger partial charge in [-0.1, -0.05) is 0 Å². The van der Waals surface area contributed by atoms with Crippen LogP contribution in [0, 0.1) is 0 Å². The van der Waals surface area contributed by atoms with Crippen molar-refractivity contribution >= 4 is 11.6 Å². The molecule has 1 aromatic rings. The molecule has 0 aliphatic carbocycles. The molecule has 0 atom stereocenters. The van der Waals surface area contributed by atoms with E-state index in [1.54, 1.807) is 31.4 Å². The summed E-state index contributed by atoms with van der Waals surface area (Å²) in [4.78, 5) is 18.6. The molecular formula is C14H18N2O2. The Morgan fingerprint density at radius 3 is 2.72 bits per heavy atom. The zero-order valence-electron chi connectivity index (χ0n) is 10.8. The van der Waals surface area contributed by atoms with Gasteiger partial charge in [-0.05, 0) is 30.7 Å². The molecular weight excluding hydrogens is 228 g/mol. The number of ketones is 1. The number of hydrogen-bond acceptors (Lipinski definition) is 4. The number of carbonyl (C=O) groups excluding carboxylic acids is 1. The number of aliphatic imine (C=N–C) groups is 1. The second-order valence-electron chi connectivity index (χ2n) is 4.40. The summed E-state index contributed by atoms with van der Waals surface area (Å²) < 4.78 is 5.07. The molecule has 4 nitrogen and oxygen atoms in total. The molecule has 1 aliphatic heterocycles. The van der Waals surface area contributed by atoms with E-state index in [9.17, 15) is 4.79 Å². The summed E-state index contributed by atoms with van der Waals surface area (Å²) in [5, 5.41) is 0. The van der Waals surface area contributed by atoms with Crippen molar-refractivity contribution in [3.05, 3.63) is 29.8 Å². The molecule has 18 heavy (non-hydrogen) atoms. The zero-order valence-corrected chi connectivity index (χ0v) is 10.8. The van der Waals surface area contributed by atoms with Gasteiger partial charge in [-0.25, -0.2) is 0 Å². The summed E-state index contributed by atoms with van der Waals surface area (Å²) in [5.74, 6) is 1.76. The molecule has 96 valence electrons. The molecule has 4 heteroatoms. The van der Waals surface area contributed by atoms with Crippen LogP contribution in [0.15, 0.2) is 29.3 Å². The Balaban J connectivity index is 2.04. The molecule has 0 N–H and O–H groups in total. The van der Waals surface area contributed by atoms with Crippen molar-refractivity contribution in [2.24, 2.45) is 4.99 Å². The Hall–Kier alpha value is -1.84. The summed E-state index contributed by atoms with van der Waals surface area (Å²) in [6.45, 7) is 1.81. The molecule has 1 aliphatic rings. The Morgan fingerprint density at radius 2 is 2.11 bits per heavy atom. The number of hydrogen-bond donors (Lipinski definition) is 0. The van der Waals surface area contributed by atoms with E-state index >= 15 is 0 Å². The number of ether oxygens (including phenoxy) is 1. The Labute approximate surface area is 107 Å². The lowest BCUT2D eigenvalue weighted by atomic mass is 10.1. The van der Waals surface area contributed by atoms with E-state index in [0.717, 1.165) is 31.1 Å². The first-order valence-electron chi connectivity index (χ1n) is 6.12. The van der Waals surface area contributed by atoms with Crippen molar-refractivity contribution in [1.29, 1.82) is 0 Å². The van der Waals surface area contributed by atoms with Gasteiger partial charge in [0.05, 0.1) is 13.5 Å². The van der Waals surface area contributed by atoms with E-state index in [-0.39, 0.29) is 5.78 Å².